The highest BCUT2D eigenvalue weighted by atomic mass is 16.6. The van der Waals surface area contributed by atoms with Crippen LogP contribution >= 0.6 is 0 Å². The van der Waals surface area contributed by atoms with E-state index in [2.05, 4.69) is 17.1 Å². The van der Waals surface area contributed by atoms with Gasteiger partial charge in [0, 0.05) is 43.5 Å². The topological polar surface area (TPSA) is 101 Å². The number of rotatable bonds is 8. The van der Waals surface area contributed by atoms with Crippen LogP contribution in [0, 0.1) is 0 Å². The van der Waals surface area contributed by atoms with E-state index in [1.54, 1.807) is 20.8 Å². The lowest BCUT2D eigenvalue weighted by atomic mass is 10.1. The fourth-order valence-corrected chi connectivity index (χ4v) is 4.70. The van der Waals surface area contributed by atoms with Crippen LogP contribution in [0.3, 0.4) is 0 Å². The van der Waals surface area contributed by atoms with E-state index in [0.717, 1.165) is 34.3 Å². The van der Waals surface area contributed by atoms with Gasteiger partial charge in [0.1, 0.15) is 36.1 Å². The average molecular weight is 536 g/mol. The van der Waals surface area contributed by atoms with Gasteiger partial charge in [-0.25, -0.2) is 9.59 Å². The maximum atomic E-state index is 13.3. The molecule has 0 aliphatic carbocycles. The lowest BCUT2D eigenvalue weighted by molar-refractivity contribution is -0.159. The lowest BCUT2D eigenvalue weighted by Crippen LogP contribution is -2.60. The number of hydrogen-bond acceptors (Lipinski definition) is 7. The SMILES string of the molecule is CCc1oc2ccccc2c1CN1CCN(C(=O)CNC(=O)OC(C)(C)C)C(C(=O)OCc2ccccc2)C1. The van der Waals surface area contributed by atoms with Crippen LogP contribution in [0.4, 0.5) is 4.79 Å². The van der Waals surface area contributed by atoms with Gasteiger partial charge in [-0.1, -0.05) is 55.5 Å². The molecule has 1 fully saturated rings. The zero-order chi connectivity index (χ0) is 28.0. The lowest BCUT2D eigenvalue weighted by Gasteiger charge is -2.40. The van der Waals surface area contributed by atoms with Crippen molar-refractivity contribution in [3.05, 3.63) is 71.5 Å². The summed E-state index contributed by atoms with van der Waals surface area (Å²) in [6, 6.07) is 16.5. The first-order chi connectivity index (χ1) is 18.6. The van der Waals surface area contributed by atoms with Crippen molar-refractivity contribution >= 4 is 28.9 Å². The monoisotopic (exact) mass is 535 g/mol. The summed E-state index contributed by atoms with van der Waals surface area (Å²) in [5.74, 6) is 0.0617. The minimum Gasteiger partial charge on any atom is -0.461 e. The first-order valence-corrected chi connectivity index (χ1v) is 13.3. The second kappa shape index (κ2) is 12.3. The first kappa shape index (κ1) is 28.2. The van der Waals surface area contributed by atoms with Crippen molar-refractivity contribution in [2.45, 2.75) is 58.9 Å². The molecule has 1 saturated heterocycles. The molecule has 39 heavy (non-hydrogen) atoms. The van der Waals surface area contributed by atoms with Crippen molar-refractivity contribution in [3.8, 4) is 0 Å². The normalized spacial score (nSPS) is 16.2. The third-order valence-electron chi connectivity index (χ3n) is 6.55. The summed E-state index contributed by atoms with van der Waals surface area (Å²) in [5.41, 5.74) is 2.11. The number of nitrogens with zero attached hydrogens (tertiary/aromatic N) is 2. The van der Waals surface area contributed by atoms with Crippen molar-refractivity contribution in [1.29, 1.82) is 0 Å². The van der Waals surface area contributed by atoms with Crippen LogP contribution in [0.2, 0.25) is 0 Å². The molecule has 2 heterocycles. The molecule has 0 spiro atoms. The van der Waals surface area contributed by atoms with E-state index in [4.69, 9.17) is 13.9 Å². The molecule has 1 aliphatic heterocycles. The molecule has 3 aromatic rings. The number of esters is 1. The van der Waals surface area contributed by atoms with Crippen LogP contribution in [-0.4, -0.2) is 65.6 Å². The number of hydrogen-bond donors (Lipinski definition) is 1. The van der Waals surface area contributed by atoms with Gasteiger partial charge in [-0.2, -0.15) is 0 Å². The molecule has 0 bridgehead atoms. The molecule has 1 N–H and O–H groups in total. The number of piperazine rings is 1. The largest absolute Gasteiger partial charge is 0.461 e. The van der Waals surface area contributed by atoms with Gasteiger partial charge < -0.3 is 24.1 Å². The molecule has 0 radical (unpaired) electrons. The number of aryl methyl sites for hydroxylation is 1. The van der Waals surface area contributed by atoms with Crippen LogP contribution in [0.5, 0.6) is 0 Å². The highest BCUT2D eigenvalue weighted by Gasteiger charge is 2.37. The Morgan fingerprint density at radius 1 is 1.03 bits per heavy atom. The van der Waals surface area contributed by atoms with Crippen molar-refractivity contribution in [2.75, 3.05) is 26.2 Å². The standard InChI is InChI=1S/C30H37N3O6/c1-5-25-23(22-13-9-10-14-26(22)38-25)18-32-15-16-33(27(34)17-31-29(36)39-30(2,3)4)24(19-32)28(35)37-20-21-11-7-6-8-12-21/h6-14,24H,5,15-20H2,1-4H3,(H,31,36). The number of amides is 2. The van der Waals surface area contributed by atoms with Crippen LogP contribution in [-0.2, 0) is 38.6 Å². The predicted molar refractivity (Wildman–Crippen MR) is 147 cm³/mol. The average Bonchev–Trinajstić information content (AvgIpc) is 3.27. The highest BCUT2D eigenvalue weighted by molar-refractivity contribution is 5.88. The number of ether oxygens (including phenoxy) is 2. The van der Waals surface area contributed by atoms with E-state index in [-0.39, 0.29) is 19.1 Å². The molecule has 9 heteroatoms. The zero-order valence-corrected chi connectivity index (χ0v) is 23.1. The van der Waals surface area contributed by atoms with Crippen molar-refractivity contribution in [3.63, 3.8) is 0 Å². The number of furan rings is 1. The second-order valence-electron chi connectivity index (χ2n) is 10.6. The third kappa shape index (κ3) is 7.38. The Morgan fingerprint density at radius 2 is 1.74 bits per heavy atom. The minimum absolute atomic E-state index is 0.112. The van der Waals surface area contributed by atoms with Crippen LogP contribution in [0.1, 0.15) is 44.6 Å². The fourth-order valence-electron chi connectivity index (χ4n) is 4.70. The number of carbonyl (C=O) groups excluding carboxylic acids is 3. The number of alkyl carbamates (subject to hydrolysis) is 1. The number of benzene rings is 2. The molecule has 208 valence electrons. The van der Waals surface area contributed by atoms with Crippen LogP contribution < -0.4 is 5.32 Å². The smallest absolute Gasteiger partial charge is 0.408 e. The summed E-state index contributed by atoms with van der Waals surface area (Å²) in [7, 11) is 0. The van der Waals surface area contributed by atoms with Gasteiger partial charge in [0.25, 0.3) is 0 Å². The van der Waals surface area contributed by atoms with Crippen LogP contribution in [0.15, 0.2) is 59.0 Å². The molecule has 9 nitrogen and oxygen atoms in total. The molecule has 1 aliphatic rings. The van der Waals surface area contributed by atoms with Gasteiger partial charge >= 0.3 is 12.1 Å². The molecular weight excluding hydrogens is 498 g/mol. The summed E-state index contributed by atoms with van der Waals surface area (Å²) in [6.45, 7) is 8.90. The quantitative estimate of drug-likeness (QED) is 0.430. The van der Waals surface area contributed by atoms with E-state index in [1.807, 2.05) is 54.6 Å². The van der Waals surface area contributed by atoms with Crippen molar-refractivity contribution in [2.24, 2.45) is 0 Å². The van der Waals surface area contributed by atoms with Gasteiger partial charge in [-0.05, 0) is 32.4 Å². The predicted octanol–water partition coefficient (Wildman–Crippen LogP) is 4.28. The second-order valence-corrected chi connectivity index (χ2v) is 10.6. The summed E-state index contributed by atoms with van der Waals surface area (Å²) in [5, 5.41) is 3.56. The Bertz CT molecular complexity index is 1300. The van der Waals surface area contributed by atoms with Gasteiger partial charge in [0.15, 0.2) is 0 Å². The third-order valence-corrected chi connectivity index (χ3v) is 6.55. The Hall–Kier alpha value is -3.85. The van der Waals surface area contributed by atoms with Crippen LogP contribution in [0.25, 0.3) is 11.0 Å². The summed E-state index contributed by atoms with van der Waals surface area (Å²) in [4.78, 5) is 42.2. The van der Waals surface area contributed by atoms with Gasteiger partial charge in [0.05, 0.1) is 0 Å². The van der Waals surface area contributed by atoms with Gasteiger partial charge in [0.2, 0.25) is 5.91 Å². The Morgan fingerprint density at radius 3 is 2.46 bits per heavy atom. The van der Waals surface area contributed by atoms with E-state index in [0.29, 0.717) is 26.2 Å². The molecule has 0 saturated carbocycles. The van der Waals surface area contributed by atoms with Crippen molar-refractivity contribution < 1.29 is 28.3 Å². The molecular formula is C30H37N3O6. The maximum absolute atomic E-state index is 13.3. The number of fused-ring (bicyclic) bond motifs is 1. The van der Waals surface area contributed by atoms with E-state index < -0.39 is 23.7 Å². The Balaban J connectivity index is 1.48. The fraction of sp³-hybridized carbons (Fsp3) is 0.433. The van der Waals surface area contributed by atoms with Gasteiger partial charge in [-0.15, -0.1) is 0 Å². The molecule has 2 amide bonds. The highest BCUT2D eigenvalue weighted by Crippen LogP contribution is 2.28. The Labute approximate surface area is 229 Å². The number of para-hydroxylation sites is 1. The van der Waals surface area contributed by atoms with E-state index in [9.17, 15) is 14.4 Å². The molecule has 4 rings (SSSR count). The summed E-state index contributed by atoms with van der Waals surface area (Å²) >= 11 is 0. The molecule has 1 unspecified atom stereocenters. The maximum Gasteiger partial charge on any atom is 0.408 e. The van der Waals surface area contributed by atoms with E-state index in [1.165, 1.54) is 4.90 Å². The first-order valence-electron chi connectivity index (χ1n) is 13.3. The van der Waals surface area contributed by atoms with E-state index >= 15 is 0 Å². The summed E-state index contributed by atoms with van der Waals surface area (Å²) in [6.07, 6.45) is 0.0676. The van der Waals surface area contributed by atoms with Gasteiger partial charge in [-0.3, -0.25) is 9.69 Å². The summed E-state index contributed by atoms with van der Waals surface area (Å²) < 4.78 is 17.0. The number of nitrogens with one attached hydrogen (secondary N) is 1. The minimum atomic E-state index is -0.821. The molecule has 1 atom stereocenters. The molecule has 2 aromatic carbocycles. The Kier molecular flexibility index (Phi) is 8.91. The molecule has 1 aromatic heterocycles. The number of carbonyl (C=O) groups is 3. The zero-order valence-electron chi connectivity index (χ0n) is 23.1. The van der Waals surface area contributed by atoms with Crippen molar-refractivity contribution in [1.82, 2.24) is 15.1 Å².